The molecule has 0 radical (unpaired) electrons. The van der Waals surface area contributed by atoms with Crippen LogP contribution in [0.25, 0.3) is 5.82 Å². The number of halogens is 2. The Morgan fingerprint density at radius 1 is 1.06 bits per heavy atom. The molecular weight excluding hydrogens is 434 g/mol. The van der Waals surface area contributed by atoms with Crippen LogP contribution in [-0.4, -0.2) is 31.4 Å². The van der Waals surface area contributed by atoms with Crippen molar-refractivity contribution in [2.75, 3.05) is 5.32 Å². The highest BCUT2D eigenvalue weighted by Gasteiger charge is 2.13. The third-order valence-corrected chi connectivity index (χ3v) is 5.20. The molecule has 0 fully saturated rings. The van der Waals surface area contributed by atoms with E-state index in [0.717, 1.165) is 5.56 Å². The van der Waals surface area contributed by atoms with Crippen molar-refractivity contribution in [2.24, 2.45) is 0 Å². The first kappa shape index (κ1) is 21.4. The fourth-order valence-corrected chi connectivity index (χ4v) is 3.53. The van der Waals surface area contributed by atoms with E-state index >= 15 is 0 Å². The molecule has 4 rings (SSSR count). The predicted octanol–water partition coefficient (Wildman–Crippen LogP) is 4.65. The minimum absolute atomic E-state index is 0.246. The second-order valence-corrected chi connectivity index (χ2v) is 7.65. The van der Waals surface area contributed by atoms with Gasteiger partial charge in [0.25, 0.3) is 11.7 Å². The van der Waals surface area contributed by atoms with Crippen LogP contribution < -0.4 is 10.6 Å². The lowest BCUT2D eigenvalue weighted by molar-refractivity contribution is 0.0951. The van der Waals surface area contributed by atoms with E-state index in [9.17, 15) is 13.6 Å². The Morgan fingerprint density at radius 3 is 2.62 bits per heavy atom. The van der Waals surface area contributed by atoms with Gasteiger partial charge in [-0.05, 0) is 42.5 Å². The number of hydrogen-bond donors (Lipinski definition) is 2. The van der Waals surface area contributed by atoms with E-state index in [1.54, 1.807) is 54.7 Å². The standard InChI is InChI=1S/C22H18F2N6OS/c23-22(24)32-17-9-7-16(8-10-17)29-19-6-2-1-5-18(19)21(31)27-12-15-4-3-11-26-20(15)30-14-25-13-28-30/h1-11,13-14,22,29H,12H2,(H,27,31). The Balaban J connectivity index is 1.47. The number of rotatable bonds is 8. The van der Waals surface area contributed by atoms with Crippen LogP contribution in [0.4, 0.5) is 20.2 Å². The Bertz CT molecular complexity index is 1190. The van der Waals surface area contributed by atoms with Crippen LogP contribution >= 0.6 is 11.8 Å². The fraction of sp³-hybridized carbons (Fsp3) is 0.0909. The molecule has 2 aromatic carbocycles. The number of anilines is 2. The molecule has 10 heteroatoms. The van der Waals surface area contributed by atoms with Crippen LogP contribution in [0, 0.1) is 0 Å². The first-order chi connectivity index (χ1) is 15.6. The van der Waals surface area contributed by atoms with Crippen LogP contribution in [0.1, 0.15) is 15.9 Å². The zero-order valence-corrected chi connectivity index (χ0v) is 17.5. The number of carbonyl (C=O) groups is 1. The van der Waals surface area contributed by atoms with Crippen LogP contribution in [0.5, 0.6) is 0 Å². The molecule has 32 heavy (non-hydrogen) atoms. The Morgan fingerprint density at radius 2 is 1.88 bits per heavy atom. The van der Waals surface area contributed by atoms with E-state index in [1.807, 2.05) is 12.1 Å². The number of thioether (sulfide) groups is 1. The van der Waals surface area contributed by atoms with Crippen molar-refractivity contribution in [3.63, 3.8) is 0 Å². The van der Waals surface area contributed by atoms with Gasteiger partial charge in [-0.15, -0.1) is 0 Å². The summed E-state index contributed by atoms with van der Waals surface area (Å²) >= 11 is 0.486. The summed E-state index contributed by atoms with van der Waals surface area (Å²) in [5.74, 6) is -2.16. The number of benzene rings is 2. The predicted molar refractivity (Wildman–Crippen MR) is 118 cm³/mol. The van der Waals surface area contributed by atoms with Gasteiger partial charge in [-0.3, -0.25) is 4.79 Å². The highest BCUT2D eigenvalue weighted by Crippen LogP contribution is 2.28. The molecule has 0 aliphatic heterocycles. The van der Waals surface area contributed by atoms with Gasteiger partial charge in [0.2, 0.25) is 0 Å². The van der Waals surface area contributed by atoms with Crippen molar-refractivity contribution in [2.45, 2.75) is 17.2 Å². The zero-order chi connectivity index (χ0) is 22.3. The summed E-state index contributed by atoms with van der Waals surface area (Å²) in [4.78, 5) is 21.6. The van der Waals surface area contributed by atoms with E-state index < -0.39 is 5.76 Å². The number of pyridine rings is 1. The van der Waals surface area contributed by atoms with Gasteiger partial charge < -0.3 is 10.6 Å². The maximum absolute atomic E-state index is 12.9. The Kier molecular flexibility index (Phi) is 6.71. The summed E-state index contributed by atoms with van der Waals surface area (Å²) in [6.07, 6.45) is 4.60. The molecule has 2 aromatic heterocycles. The number of carbonyl (C=O) groups excluding carboxylic acids is 1. The zero-order valence-electron chi connectivity index (χ0n) is 16.7. The molecule has 0 unspecified atom stereocenters. The van der Waals surface area contributed by atoms with Crippen molar-refractivity contribution in [1.29, 1.82) is 0 Å². The van der Waals surface area contributed by atoms with Crippen LogP contribution in [0.15, 0.2) is 84.4 Å². The van der Waals surface area contributed by atoms with Gasteiger partial charge in [0, 0.05) is 28.9 Å². The van der Waals surface area contributed by atoms with Gasteiger partial charge in [-0.2, -0.15) is 13.9 Å². The van der Waals surface area contributed by atoms with Crippen molar-refractivity contribution in [3.8, 4) is 5.82 Å². The third-order valence-electron chi connectivity index (χ3n) is 4.47. The smallest absolute Gasteiger partial charge is 0.288 e. The monoisotopic (exact) mass is 452 g/mol. The number of nitrogens with zero attached hydrogens (tertiary/aromatic N) is 4. The minimum atomic E-state index is -2.47. The number of hydrogen-bond acceptors (Lipinski definition) is 6. The number of alkyl halides is 2. The molecular formula is C22H18F2N6OS. The molecule has 0 saturated heterocycles. The van der Waals surface area contributed by atoms with Gasteiger partial charge in [-0.25, -0.2) is 14.6 Å². The molecule has 0 atom stereocenters. The minimum Gasteiger partial charge on any atom is -0.355 e. The maximum atomic E-state index is 12.9. The normalized spacial score (nSPS) is 10.8. The average molecular weight is 452 g/mol. The highest BCUT2D eigenvalue weighted by atomic mass is 32.2. The highest BCUT2D eigenvalue weighted by molar-refractivity contribution is 7.99. The van der Waals surface area contributed by atoms with Crippen molar-refractivity contribution in [1.82, 2.24) is 25.1 Å². The fourth-order valence-electron chi connectivity index (χ4n) is 3.03. The molecule has 4 aromatic rings. The lowest BCUT2D eigenvalue weighted by atomic mass is 10.1. The molecule has 2 N–H and O–H groups in total. The number of para-hydroxylation sites is 1. The number of nitrogens with one attached hydrogen (secondary N) is 2. The maximum Gasteiger partial charge on any atom is 0.288 e. The summed E-state index contributed by atoms with van der Waals surface area (Å²) in [7, 11) is 0. The number of amides is 1. The van der Waals surface area contributed by atoms with Crippen LogP contribution in [0.3, 0.4) is 0 Å². The van der Waals surface area contributed by atoms with E-state index in [1.165, 1.54) is 17.3 Å². The summed E-state index contributed by atoms with van der Waals surface area (Å²) in [6, 6.07) is 17.3. The molecule has 0 aliphatic rings. The molecule has 162 valence electrons. The van der Waals surface area contributed by atoms with Crippen molar-refractivity contribution in [3.05, 3.63) is 90.6 Å². The lowest BCUT2D eigenvalue weighted by Gasteiger charge is -2.13. The molecule has 1 amide bonds. The van der Waals surface area contributed by atoms with Gasteiger partial charge in [0.15, 0.2) is 5.82 Å². The van der Waals surface area contributed by atoms with E-state index in [-0.39, 0.29) is 12.5 Å². The van der Waals surface area contributed by atoms with Crippen LogP contribution in [-0.2, 0) is 6.54 Å². The van der Waals surface area contributed by atoms with E-state index in [2.05, 4.69) is 25.7 Å². The SMILES string of the molecule is O=C(NCc1cccnc1-n1cncn1)c1ccccc1Nc1ccc(SC(F)F)cc1. The van der Waals surface area contributed by atoms with Crippen LogP contribution in [0.2, 0.25) is 0 Å². The van der Waals surface area contributed by atoms with Gasteiger partial charge in [0.1, 0.15) is 12.7 Å². The quantitative estimate of drug-likeness (QED) is 0.379. The van der Waals surface area contributed by atoms with Crippen molar-refractivity contribution >= 4 is 29.0 Å². The Hall–Kier alpha value is -3.79. The third kappa shape index (κ3) is 5.27. The molecule has 0 bridgehead atoms. The summed E-state index contributed by atoms with van der Waals surface area (Å²) in [5, 5.41) is 10.2. The van der Waals surface area contributed by atoms with Crippen molar-refractivity contribution < 1.29 is 13.6 Å². The van der Waals surface area contributed by atoms with E-state index in [4.69, 9.17) is 0 Å². The van der Waals surface area contributed by atoms with Gasteiger partial charge in [0.05, 0.1) is 11.3 Å². The molecule has 0 spiro atoms. The van der Waals surface area contributed by atoms with Gasteiger partial charge >= 0.3 is 0 Å². The first-order valence-corrected chi connectivity index (χ1v) is 10.5. The number of aromatic nitrogens is 4. The molecule has 0 saturated carbocycles. The molecule has 7 nitrogen and oxygen atoms in total. The summed E-state index contributed by atoms with van der Waals surface area (Å²) < 4.78 is 26.5. The topological polar surface area (TPSA) is 84.7 Å². The average Bonchev–Trinajstić information content (AvgIpc) is 3.34. The Labute approximate surface area is 186 Å². The second kappa shape index (κ2) is 10.0. The van der Waals surface area contributed by atoms with Gasteiger partial charge in [-0.1, -0.05) is 30.0 Å². The molecule has 2 heterocycles. The summed E-state index contributed by atoms with van der Waals surface area (Å²) in [5.41, 5.74) is 2.51. The second-order valence-electron chi connectivity index (χ2n) is 6.58. The summed E-state index contributed by atoms with van der Waals surface area (Å²) in [6.45, 7) is 0.246. The van der Waals surface area contributed by atoms with E-state index in [0.29, 0.717) is 39.4 Å². The first-order valence-electron chi connectivity index (χ1n) is 9.58. The lowest BCUT2D eigenvalue weighted by Crippen LogP contribution is -2.24. The molecule has 0 aliphatic carbocycles. The largest absolute Gasteiger partial charge is 0.355 e.